The highest BCUT2D eigenvalue weighted by Gasteiger charge is 2.36. The molecule has 1 aromatic rings. The first-order valence-electron chi connectivity index (χ1n) is 7.77. The molecule has 0 spiro atoms. The number of carbonyl (C=O) groups is 1. The highest BCUT2D eigenvalue weighted by molar-refractivity contribution is 5.90. The number of hydrogen-bond donors (Lipinski definition) is 0. The van der Waals surface area contributed by atoms with E-state index >= 15 is 0 Å². The lowest BCUT2D eigenvalue weighted by Crippen LogP contribution is -2.42. The molecule has 0 aliphatic carbocycles. The van der Waals surface area contributed by atoms with Gasteiger partial charge in [0.1, 0.15) is 5.92 Å². The summed E-state index contributed by atoms with van der Waals surface area (Å²) in [5.41, 5.74) is -1.09. The molecule has 0 amide bonds. The number of nitriles is 1. The molecule has 0 saturated carbocycles. The van der Waals surface area contributed by atoms with Crippen molar-refractivity contribution in [2.75, 3.05) is 19.6 Å². The summed E-state index contributed by atoms with van der Waals surface area (Å²) in [6, 6.07) is 3.46. The number of halogens is 6. The van der Waals surface area contributed by atoms with Gasteiger partial charge >= 0.3 is 12.4 Å². The summed E-state index contributed by atoms with van der Waals surface area (Å²) in [7, 11) is 0. The zero-order chi connectivity index (χ0) is 19.5. The van der Waals surface area contributed by atoms with Gasteiger partial charge in [-0.05, 0) is 38.1 Å². The Bertz CT molecular complexity index is 669. The molecule has 1 saturated heterocycles. The second-order valence-corrected chi connectivity index (χ2v) is 6.10. The van der Waals surface area contributed by atoms with Crippen LogP contribution in [0.25, 0.3) is 0 Å². The van der Waals surface area contributed by atoms with Gasteiger partial charge in [-0.3, -0.25) is 14.7 Å². The Kier molecular flexibility index (Phi) is 5.91. The molecule has 1 fully saturated rings. The van der Waals surface area contributed by atoms with Crippen LogP contribution in [0.4, 0.5) is 26.3 Å². The lowest BCUT2D eigenvalue weighted by Gasteiger charge is -2.32. The van der Waals surface area contributed by atoms with Gasteiger partial charge in [0, 0.05) is 12.1 Å². The van der Waals surface area contributed by atoms with Crippen LogP contribution >= 0.6 is 0 Å². The first kappa shape index (κ1) is 20.2. The largest absolute Gasteiger partial charge is 0.417 e. The number of piperidine rings is 1. The summed E-state index contributed by atoms with van der Waals surface area (Å²) in [6.07, 6.45) is -8.03. The summed E-state index contributed by atoms with van der Waals surface area (Å²) >= 11 is 0. The first-order valence-corrected chi connectivity index (χ1v) is 7.77. The summed E-state index contributed by atoms with van der Waals surface area (Å²) in [5.74, 6) is -2.48. The van der Waals surface area contributed by atoms with Crippen molar-refractivity contribution < 1.29 is 31.1 Å². The fourth-order valence-electron chi connectivity index (χ4n) is 2.88. The third-order valence-corrected chi connectivity index (χ3v) is 4.22. The average Bonchev–Trinajstić information content (AvgIpc) is 2.54. The molecule has 4 nitrogen and oxygen atoms in total. The van der Waals surface area contributed by atoms with Gasteiger partial charge in [0.15, 0.2) is 5.78 Å². The standard InChI is InChI=1S/C16H15F6N3O/c17-15(18,19)9-25-5-3-10(4-6-25)14(26)12(7-23)13-2-1-11(8-24-13)16(20,21)22/h1-2,8,10,12H,3-6,9H2. The van der Waals surface area contributed by atoms with Gasteiger partial charge in [0.2, 0.25) is 0 Å². The molecule has 10 heteroatoms. The van der Waals surface area contributed by atoms with E-state index in [4.69, 9.17) is 0 Å². The van der Waals surface area contributed by atoms with Gasteiger partial charge in [-0.1, -0.05) is 0 Å². The van der Waals surface area contributed by atoms with E-state index in [0.717, 1.165) is 12.1 Å². The minimum Gasteiger partial charge on any atom is -0.297 e. The molecule has 0 aromatic carbocycles. The van der Waals surface area contributed by atoms with Gasteiger partial charge in [0.05, 0.1) is 23.9 Å². The predicted molar refractivity (Wildman–Crippen MR) is 77.8 cm³/mol. The maximum Gasteiger partial charge on any atom is 0.417 e. The molecule has 0 radical (unpaired) electrons. The number of hydrogen-bond acceptors (Lipinski definition) is 4. The Morgan fingerprint density at radius 3 is 2.27 bits per heavy atom. The van der Waals surface area contributed by atoms with E-state index in [2.05, 4.69) is 4.98 Å². The van der Waals surface area contributed by atoms with Crippen LogP contribution in [0.1, 0.15) is 30.0 Å². The van der Waals surface area contributed by atoms with Crippen LogP contribution in [0.3, 0.4) is 0 Å². The third kappa shape index (κ3) is 5.17. The van der Waals surface area contributed by atoms with E-state index in [1.807, 2.05) is 0 Å². The van der Waals surface area contributed by atoms with Crippen LogP contribution in [-0.4, -0.2) is 41.5 Å². The molecule has 0 bridgehead atoms. The van der Waals surface area contributed by atoms with Crippen LogP contribution in [0.2, 0.25) is 0 Å². The number of ketones is 1. The number of carbonyl (C=O) groups excluding carboxylic acids is 1. The normalized spacial score (nSPS) is 18.3. The van der Waals surface area contributed by atoms with Gasteiger partial charge in [-0.15, -0.1) is 0 Å². The Morgan fingerprint density at radius 1 is 1.23 bits per heavy atom. The SMILES string of the molecule is N#CC(C(=O)C1CCN(CC(F)(F)F)CC1)c1ccc(C(F)(F)F)cn1. The molecule has 2 heterocycles. The lowest BCUT2D eigenvalue weighted by atomic mass is 9.84. The third-order valence-electron chi connectivity index (χ3n) is 4.22. The van der Waals surface area contributed by atoms with Crippen molar-refractivity contribution in [2.24, 2.45) is 5.92 Å². The highest BCUT2D eigenvalue weighted by Crippen LogP contribution is 2.31. The van der Waals surface area contributed by atoms with Gasteiger partial charge in [-0.25, -0.2) is 0 Å². The smallest absolute Gasteiger partial charge is 0.297 e. The topological polar surface area (TPSA) is 57.0 Å². The number of aromatic nitrogens is 1. The second-order valence-electron chi connectivity index (χ2n) is 6.10. The quantitative estimate of drug-likeness (QED) is 0.751. The van der Waals surface area contributed by atoms with Crippen molar-refractivity contribution >= 4 is 5.78 Å². The number of rotatable bonds is 4. The van der Waals surface area contributed by atoms with Crippen LogP contribution in [-0.2, 0) is 11.0 Å². The van der Waals surface area contributed by atoms with Crippen molar-refractivity contribution in [1.29, 1.82) is 5.26 Å². The van der Waals surface area contributed by atoms with Crippen molar-refractivity contribution in [1.82, 2.24) is 9.88 Å². The lowest BCUT2D eigenvalue weighted by molar-refractivity contribution is -0.149. The Balaban J connectivity index is 2.03. The van der Waals surface area contributed by atoms with Crippen molar-refractivity contribution in [2.45, 2.75) is 31.1 Å². The number of pyridine rings is 1. The number of alkyl halides is 6. The molecular formula is C16H15F6N3O. The average molecular weight is 379 g/mol. The molecule has 1 aromatic heterocycles. The Hall–Kier alpha value is -2.15. The van der Waals surface area contributed by atoms with Crippen molar-refractivity contribution in [3.05, 3.63) is 29.6 Å². The number of likely N-dealkylation sites (tertiary alicyclic amines) is 1. The highest BCUT2D eigenvalue weighted by atomic mass is 19.4. The van der Waals surface area contributed by atoms with E-state index in [-0.39, 0.29) is 31.6 Å². The minimum atomic E-state index is -4.58. The number of nitrogens with zero attached hydrogens (tertiary/aromatic N) is 3. The van der Waals surface area contributed by atoms with Gasteiger partial charge in [-0.2, -0.15) is 31.6 Å². The van der Waals surface area contributed by atoms with E-state index in [1.54, 1.807) is 6.07 Å². The molecule has 1 unspecified atom stereocenters. The van der Waals surface area contributed by atoms with Crippen LogP contribution in [0.5, 0.6) is 0 Å². The van der Waals surface area contributed by atoms with E-state index in [1.165, 1.54) is 4.90 Å². The second kappa shape index (κ2) is 7.61. The zero-order valence-corrected chi connectivity index (χ0v) is 13.4. The molecule has 0 N–H and O–H groups in total. The molecule has 1 aliphatic rings. The monoisotopic (exact) mass is 379 g/mol. The minimum absolute atomic E-state index is 0.0640. The van der Waals surface area contributed by atoms with E-state index < -0.39 is 42.1 Å². The fraction of sp³-hybridized carbons (Fsp3) is 0.562. The van der Waals surface area contributed by atoms with Crippen molar-refractivity contribution in [3.63, 3.8) is 0 Å². The zero-order valence-electron chi connectivity index (χ0n) is 13.4. The predicted octanol–water partition coefficient (Wildman–Crippen LogP) is 3.55. The summed E-state index contributed by atoms with van der Waals surface area (Å²) in [4.78, 5) is 17.2. The molecule has 142 valence electrons. The fourth-order valence-corrected chi connectivity index (χ4v) is 2.88. The molecule has 2 rings (SSSR count). The van der Waals surface area contributed by atoms with Gasteiger partial charge < -0.3 is 0 Å². The maximum absolute atomic E-state index is 12.5. The number of Topliss-reactive ketones (excluding diaryl/α,β-unsaturated/α-hetero) is 1. The summed E-state index contributed by atoms with van der Waals surface area (Å²) in [6.45, 7) is -0.931. The first-order chi connectivity index (χ1) is 12.0. The van der Waals surface area contributed by atoms with Crippen LogP contribution in [0, 0.1) is 17.2 Å². The maximum atomic E-state index is 12.5. The summed E-state index contributed by atoms with van der Waals surface area (Å²) in [5, 5.41) is 9.22. The van der Waals surface area contributed by atoms with Crippen molar-refractivity contribution in [3.8, 4) is 6.07 Å². The van der Waals surface area contributed by atoms with Gasteiger partial charge in [0.25, 0.3) is 0 Å². The molecule has 1 atom stereocenters. The molecule has 26 heavy (non-hydrogen) atoms. The Morgan fingerprint density at radius 2 is 1.85 bits per heavy atom. The van der Waals surface area contributed by atoms with E-state index in [0.29, 0.717) is 6.20 Å². The van der Waals surface area contributed by atoms with Crippen LogP contribution < -0.4 is 0 Å². The van der Waals surface area contributed by atoms with E-state index in [9.17, 15) is 36.4 Å². The Labute approximate surface area is 145 Å². The van der Waals surface area contributed by atoms with Crippen LogP contribution in [0.15, 0.2) is 18.3 Å². The molecular weight excluding hydrogens is 364 g/mol. The summed E-state index contributed by atoms with van der Waals surface area (Å²) < 4.78 is 74.8. The molecule has 1 aliphatic heterocycles.